The molecule has 88 valence electrons. The number of hydrogen-bond acceptors (Lipinski definition) is 3. The van der Waals surface area contributed by atoms with Crippen LogP contribution in [-0.4, -0.2) is 23.1 Å². The van der Waals surface area contributed by atoms with Gasteiger partial charge in [-0.25, -0.2) is 0 Å². The Morgan fingerprint density at radius 3 is 2.88 bits per heavy atom. The van der Waals surface area contributed by atoms with Crippen molar-refractivity contribution in [3.63, 3.8) is 0 Å². The Balaban J connectivity index is 2.31. The molecular weight excluding hydrogens is 222 g/mol. The molecule has 0 aromatic heterocycles. The third kappa shape index (κ3) is 1.99. The van der Waals surface area contributed by atoms with Crippen molar-refractivity contribution in [1.82, 2.24) is 5.32 Å². The number of ether oxygens (including phenoxy) is 1. The molecule has 0 bridgehead atoms. The molecule has 0 fully saturated rings. The quantitative estimate of drug-likeness (QED) is 0.875. The monoisotopic (exact) mass is 239 g/mol. The second-order valence-corrected chi connectivity index (χ2v) is 6.21. The molecule has 2 atom stereocenters. The lowest BCUT2D eigenvalue weighted by Crippen LogP contribution is -2.17. The van der Waals surface area contributed by atoms with Gasteiger partial charge in [0.25, 0.3) is 0 Å². The lowest BCUT2D eigenvalue weighted by Gasteiger charge is -2.08. The molecule has 1 aliphatic heterocycles. The van der Waals surface area contributed by atoms with E-state index >= 15 is 0 Å². The summed E-state index contributed by atoms with van der Waals surface area (Å²) < 4.78 is 17.5. The van der Waals surface area contributed by atoms with Crippen LogP contribution in [0, 0.1) is 0 Å². The fourth-order valence-electron chi connectivity index (χ4n) is 1.83. The Morgan fingerprint density at radius 2 is 2.25 bits per heavy atom. The molecule has 0 saturated heterocycles. The molecule has 3 nitrogen and oxygen atoms in total. The van der Waals surface area contributed by atoms with Crippen molar-refractivity contribution >= 4 is 10.8 Å². The molecule has 0 saturated carbocycles. The molecule has 1 aromatic carbocycles. The van der Waals surface area contributed by atoms with Gasteiger partial charge in [0.05, 0.1) is 16.8 Å². The Bertz CT molecular complexity index is 417. The number of fused-ring (bicyclic) bond motifs is 1. The summed E-state index contributed by atoms with van der Waals surface area (Å²) in [5.74, 6) is 0.867. The predicted octanol–water partition coefficient (Wildman–Crippen LogP) is 1.86. The van der Waals surface area contributed by atoms with Crippen molar-refractivity contribution in [3.05, 3.63) is 23.8 Å². The number of hydrogen-bond donors (Lipinski definition) is 1. The highest BCUT2D eigenvalue weighted by Crippen LogP contribution is 2.33. The summed E-state index contributed by atoms with van der Waals surface area (Å²) in [5, 5.41) is 3.33. The number of benzene rings is 1. The first-order chi connectivity index (χ1) is 7.63. The van der Waals surface area contributed by atoms with Crippen molar-refractivity contribution in [1.29, 1.82) is 0 Å². The highest BCUT2D eigenvalue weighted by Gasteiger charge is 2.23. The smallest absolute Gasteiger partial charge is 0.125 e. The van der Waals surface area contributed by atoms with Crippen LogP contribution in [0.3, 0.4) is 0 Å². The molecule has 1 aliphatic rings. The summed E-state index contributed by atoms with van der Waals surface area (Å²) in [4.78, 5) is 0.852. The van der Waals surface area contributed by atoms with E-state index in [0.29, 0.717) is 6.61 Å². The average molecular weight is 239 g/mol. The molecular formula is C12H17NO2S. The Morgan fingerprint density at radius 1 is 1.50 bits per heavy atom. The van der Waals surface area contributed by atoms with E-state index in [2.05, 4.69) is 5.32 Å². The van der Waals surface area contributed by atoms with Crippen molar-refractivity contribution in [2.24, 2.45) is 0 Å². The maximum atomic E-state index is 11.9. The summed E-state index contributed by atoms with van der Waals surface area (Å²) in [7, 11) is 0.979. The topological polar surface area (TPSA) is 38.3 Å². The van der Waals surface area contributed by atoms with Gasteiger partial charge in [-0.05, 0) is 19.2 Å². The molecule has 0 amide bonds. The van der Waals surface area contributed by atoms with E-state index in [1.54, 1.807) is 0 Å². The second-order valence-electron chi connectivity index (χ2n) is 4.20. The van der Waals surface area contributed by atoms with Gasteiger partial charge in [0.2, 0.25) is 0 Å². The maximum absolute atomic E-state index is 11.9. The van der Waals surface area contributed by atoms with Gasteiger partial charge in [-0.2, -0.15) is 0 Å². The van der Waals surface area contributed by atoms with Gasteiger partial charge in [0.1, 0.15) is 12.4 Å². The number of nitrogens with one attached hydrogen (secondary N) is 1. The molecule has 4 heteroatoms. The Kier molecular flexibility index (Phi) is 3.30. The molecule has 1 aromatic rings. The van der Waals surface area contributed by atoms with E-state index < -0.39 is 10.8 Å². The number of rotatable bonds is 3. The van der Waals surface area contributed by atoms with Gasteiger partial charge in [-0.15, -0.1) is 0 Å². The Hall–Kier alpha value is -0.870. The average Bonchev–Trinajstić information content (AvgIpc) is 2.69. The fourth-order valence-corrected chi connectivity index (χ4v) is 2.80. The number of likely N-dealkylation sites (N-methyl/N-ethyl adjacent to an activating group) is 1. The first-order valence-corrected chi connectivity index (χ1v) is 6.69. The standard InChI is InChI=1S/C12H17NO2S/c1-8(2)16(14)9-4-5-10-11(13-3)7-15-12(10)6-9/h4-6,8,11,13H,7H2,1-3H3. The van der Waals surface area contributed by atoms with E-state index in [-0.39, 0.29) is 11.3 Å². The van der Waals surface area contributed by atoms with Crippen molar-refractivity contribution in [2.45, 2.75) is 30.0 Å². The van der Waals surface area contributed by atoms with E-state index in [9.17, 15) is 4.21 Å². The lowest BCUT2D eigenvalue weighted by molar-refractivity contribution is 0.318. The third-order valence-corrected chi connectivity index (χ3v) is 4.35. The molecule has 0 aliphatic carbocycles. The van der Waals surface area contributed by atoms with Crippen LogP contribution >= 0.6 is 0 Å². The minimum absolute atomic E-state index is 0.138. The minimum atomic E-state index is -0.941. The Labute approximate surface area is 98.7 Å². The summed E-state index contributed by atoms with van der Waals surface area (Å²) in [6, 6.07) is 6.12. The molecule has 2 rings (SSSR count). The predicted molar refractivity (Wildman–Crippen MR) is 65.3 cm³/mol. The highest BCUT2D eigenvalue weighted by molar-refractivity contribution is 7.85. The van der Waals surface area contributed by atoms with E-state index in [1.165, 1.54) is 0 Å². The molecule has 0 spiro atoms. The first-order valence-electron chi connectivity index (χ1n) is 5.48. The van der Waals surface area contributed by atoms with Crippen LogP contribution in [-0.2, 0) is 10.8 Å². The van der Waals surface area contributed by atoms with Gasteiger partial charge in [-0.3, -0.25) is 4.21 Å². The van der Waals surface area contributed by atoms with E-state index in [4.69, 9.17) is 4.74 Å². The lowest BCUT2D eigenvalue weighted by atomic mass is 10.1. The van der Waals surface area contributed by atoms with E-state index in [1.807, 2.05) is 39.1 Å². The largest absolute Gasteiger partial charge is 0.491 e. The summed E-state index contributed by atoms with van der Waals surface area (Å²) >= 11 is 0. The highest BCUT2D eigenvalue weighted by atomic mass is 32.2. The normalized spacial score (nSPS) is 20.6. The zero-order valence-electron chi connectivity index (χ0n) is 9.82. The second kappa shape index (κ2) is 4.55. The molecule has 1 N–H and O–H groups in total. The van der Waals surface area contributed by atoms with Crippen molar-refractivity contribution in [3.8, 4) is 5.75 Å². The molecule has 0 radical (unpaired) electrons. The van der Waals surface area contributed by atoms with Crippen LogP contribution < -0.4 is 10.1 Å². The van der Waals surface area contributed by atoms with E-state index in [0.717, 1.165) is 16.2 Å². The van der Waals surface area contributed by atoms with Gasteiger partial charge in [0.15, 0.2) is 0 Å². The van der Waals surface area contributed by atoms with Crippen LogP contribution in [0.25, 0.3) is 0 Å². The zero-order chi connectivity index (χ0) is 11.7. The van der Waals surface area contributed by atoms with Crippen molar-refractivity contribution in [2.75, 3.05) is 13.7 Å². The van der Waals surface area contributed by atoms with Gasteiger partial charge in [0, 0.05) is 15.7 Å². The fraction of sp³-hybridized carbons (Fsp3) is 0.500. The van der Waals surface area contributed by atoms with Gasteiger partial charge < -0.3 is 10.1 Å². The zero-order valence-corrected chi connectivity index (χ0v) is 10.6. The van der Waals surface area contributed by atoms with Crippen LogP contribution in [0.2, 0.25) is 0 Å². The van der Waals surface area contributed by atoms with Crippen molar-refractivity contribution < 1.29 is 8.95 Å². The van der Waals surface area contributed by atoms with Crippen LogP contribution in [0.1, 0.15) is 25.5 Å². The molecule has 16 heavy (non-hydrogen) atoms. The van der Waals surface area contributed by atoms with Crippen LogP contribution in [0.4, 0.5) is 0 Å². The summed E-state index contributed by atoms with van der Waals surface area (Å²) in [5.41, 5.74) is 1.16. The first kappa shape index (κ1) is 11.6. The molecule has 2 unspecified atom stereocenters. The minimum Gasteiger partial charge on any atom is -0.491 e. The summed E-state index contributed by atoms with van der Waals surface area (Å²) in [6.45, 7) is 4.57. The third-order valence-electron chi connectivity index (χ3n) is 2.77. The van der Waals surface area contributed by atoms with Gasteiger partial charge >= 0.3 is 0 Å². The summed E-state index contributed by atoms with van der Waals surface area (Å²) in [6.07, 6.45) is 0. The molecule has 1 heterocycles. The maximum Gasteiger partial charge on any atom is 0.125 e. The van der Waals surface area contributed by atoms with Crippen LogP contribution in [0.5, 0.6) is 5.75 Å². The van der Waals surface area contributed by atoms with Crippen LogP contribution in [0.15, 0.2) is 23.1 Å². The SMILES string of the molecule is CNC1COc2cc(S(=O)C(C)C)ccc21. The van der Waals surface area contributed by atoms with Gasteiger partial charge in [-0.1, -0.05) is 19.9 Å².